The maximum atomic E-state index is 13.7. The second-order valence-corrected chi connectivity index (χ2v) is 13.5. The molecule has 2 fully saturated rings. The van der Waals surface area contributed by atoms with E-state index < -0.39 is 44.6 Å². The molecule has 0 aromatic heterocycles. The van der Waals surface area contributed by atoms with E-state index in [0.717, 1.165) is 24.8 Å². The zero-order valence-corrected chi connectivity index (χ0v) is 24.7. The van der Waals surface area contributed by atoms with Gasteiger partial charge in [0.2, 0.25) is 21.8 Å². The molecule has 2 aromatic carbocycles. The summed E-state index contributed by atoms with van der Waals surface area (Å²) in [6.07, 6.45) is 4.17. The molecule has 2 atom stereocenters. The van der Waals surface area contributed by atoms with E-state index in [1.54, 1.807) is 24.5 Å². The molecule has 1 aliphatic heterocycles. The van der Waals surface area contributed by atoms with Crippen molar-refractivity contribution in [2.75, 3.05) is 32.7 Å². The van der Waals surface area contributed by atoms with E-state index in [0.29, 0.717) is 31.3 Å². The molecule has 1 aliphatic carbocycles. The molecule has 2 aliphatic rings. The normalized spacial score (nSPS) is 18.7. The standard InChI is InChI=1S/C26H37N7O7S2/c27-29-18-32-12-3-4-19(17-32)16-28-25(34)15-24(26(35)33(22-8-9-22)13-11-30-42(38,39)40)31-41(36,37)23-10-7-20-5-1-2-6-21(20)14-23/h1-2,5-7,10,14,18-19,22,24,30-31H,3-4,8-9,11-13,15-17,27H2,(H,28,34)(H,38,39,40)/t19-,24-/m0/s1. The number of likely N-dealkylation sites (tertiary alicyclic amines) is 1. The number of carbonyl (C=O) groups excluding carboxylic acids is 2. The number of hydrogen-bond acceptors (Lipinski definition) is 8. The minimum Gasteiger partial charge on any atom is -0.361 e. The van der Waals surface area contributed by atoms with Crippen LogP contribution in [0.25, 0.3) is 10.8 Å². The molecule has 0 radical (unpaired) electrons. The third-order valence-electron chi connectivity index (χ3n) is 7.29. The number of fused-ring (bicyclic) bond motifs is 1. The highest BCUT2D eigenvalue weighted by atomic mass is 32.2. The Bertz CT molecular complexity index is 1510. The van der Waals surface area contributed by atoms with Crippen molar-refractivity contribution in [2.24, 2.45) is 16.9 Å². The molecule has 2 aromatic rings. The summed E-state index contributed by atoms with van der Waals surface area (Å²) in [6, 6.07) is 10.1. The maximum absolute atomic E-state index is 13.7. The van der Waals surface area contributed by atoms with Crippen LogP contribution in [0.3, 0.4) is 0 Å². The van der Waals surface area contributed by atoms with Crippen molar-refractivity contribution in [3.05, 3.63) is 42.5 Å². The summed E-state index contributed by atoms with van der Waals surface area (Å²) in [5.41, 5.74) is 0. The average Bonchev–Trinajstić information content (AvgIpc) is 3.78. The quantitative estimate of drug-likeness (QED) is 0.0630. The number of nitrogens with zero attached hydrogens (tertiary/aromatic N) is 3. The molecule has 4 rings (SSSR count). The van der Waals surface area contributed by atoms with Crippen molar-refractivity contribution < 1.29 is 31.0 Å². The molecule has 1 saturated carbocycles. The summed E-state index contributed by atoms with van der Waals surface area (Å²) in [4.78, 5) is 30.0. The summed E-state index contributed by atoms with van der Waals surface area (Å²) in [5, 5.41) is 7.91. The summed E-state index contributed by atoms with van der Waals surface area (Å²) in [5.74, 6) is 4.21. The van der Waals surface area contributed by atoms with Crippen LogP contribution in [0.15, 0.2) is 52.5 Å². The van der Waals surface area contributed by atoms with Crippen LogP contribution in [-0.2, 0) is 29.9 Å². The fourth-order valence-corrected chi connectivity index (χ4v) is 6.68. The predicted octanol–water partition coefficient (Wildman–Crippen LogP) is -0.00960. The number of piperidine rings is 1. The molecule has 16 heteroatoms. The van der Waals surface area contributed by atoms with Crippen molar-refractivity contribution >= 4 is 49.3 Å². The van der Waals surface area contributed by atoms with Gasteiger partial charge in [-0.2, -0.15) is 23.0 Å². The van der Waals surface area contributed by atoms with Crippen molar-refractivity contribution in [1.29, 1.82) is 0 Å². The lowest BCUT2D eigenvalue weighted by Crippen LogP contribution is -2.52. The van der Waals surface area contributed by atoms with Crippen LogP contribution in [0.1, 0.15) is 32.1 Å². The van der Waals surface area contributed by atoms with Gasteiger partial charge >= 0.3 is 10.3 Å². The van der Waals surface area contributed by atoms with E-state index in [-0.39, 0.29) is 29.9 Å². The third-order valence-corrected chi connectivity index (χ3v) is 9.33. The van der Waals surface area contributed by atoms with Crippen molar-refractivity contribution in [3.8, 4) is 0 Å². The average molecular weight is 624 g/mol. The van der Waals surface area contributed by atoms with Crippen LogP contribution in [-0.4, -0.2) is 94.1 Å². The molecule has 0 unspecified atom stereocenters. The highest BCUT2D eigenvalue weighted by Crippen LogP contribution is 2.28. The first-order valence-corrected chi connectivity index (χ1v) is 16.7. The molecule has 0 bridgehead atoms. The van der Waals surface area contributed by atoms with Gasteiger partial charge < -0.3 is 21.0 Å². The van der Waals surface area contributed by atoms with E-state index in [9.17, 15) is 26.4 Å². The third kappa shape index (κ3) is 9.09. The minimum atomic E-state index is -4.48. The molecule has 42 heavy (non-hydrogen) atoms. The number of nitrogens with one attached hydrogen (secondary N) is 3. The largest absolute Gasteiger partial charge is 0.361 e. The molecule has 1 heterocycles. The van der Waals surface area contributed by atoms with Crippen molar-refractivity contribution in [3.63, 3.8) is 0 Å². The number of sulfonamides is 1. The van der Waals surface area contributed by atoms with Crippen LogP contribution in [0, 0.1) is 5.92 Å². The molecule has 14 nitrogen and oxygen atoms in total. The summed E-state index contributed by atoms with van der Waals surface area (Å²) < 4.78 is 62.5. The highest BCUT2D eigenvalue weighted by molar-refractivity contribution is 7.89. The van der Waals surface area contributed by atoms with Crippen LogP contribution < -0.4 is 20.6 Å². The monoisotopic (exact) mass is 623 g/mol. The Morgan fingerprint density at radius 3 is 2.55 bits per heavy atom. The molecular weight excluding hydrogens is 586 g/mol. The second kappa shape index (κ2) is 13.8. The van der Waals surface area contributed by atoms with Crippen molar-refractivity contribution in [1.82, 2.24) is 24.6 Å². The summed E-state index contributed by atoms with van der Waals surface area (Å²) in [7, 11) is -8.72. The zero-order valence-electron chi connectivity index (χ0n) is 23.1. The first-order valence-electron chi connectivity index (χ1n) is 13.7. The van der Waals surface area contributed by atoms with Crippen molar-refractivity contribution in [2.45, 2.75) is 49.1 Å². The number of nitrogens with two attached hydrogens (primary N) is 1. The second-order valence-electron chi connectivity index (χ2n) is 10.6. The Morgan fingerprint density at radius 1 is 1.12 bits per heavy atom. The molecule has 6 N–H and O–H groups in total. The fourth-order valence-electron chi connectivity index (χ4n) is 5.10. The zero-order chi connectivity index (χ0) is 30.3. The smallest absolute Gasteiger partial charge is 0.333 e. The van der Waals surface area contributed by atoms with Gasteiger partial charge in [0.25, 0.3) is 0 Å². The van der Waals surface area contributed by atoms with E-state index >= 15 is 0 Å². The molecule has 2 amide bonds. The van der Waals surface area contributed by atoms with E-state index in [1.165, 1.54) is 17.0 Å². The molecule has 1 saturated heterocycles. The molecule has 0 spiro atoms. The minimum absolute atomic E-state index is 0.0608. The fraction of sp³-hybridized carbons (Fsp3) is 0.500. The van der Waals surface area contributed by atoms with Gasteiger partial charge in [-0.15, -0.1) is 0 Å². The van der Waals surface area contributed by atoms with Gasteiger partial charge in [-0.3, -0.25) is 14.1 Å². The molecule has 230 valence electrons. The first-order chi connectivity index (χ1) is 19.9. The van der Waals surface area contributed by atoms with Gasteiger partial charge in [0.1, 0.15) is 12.4 Å². The van der Waals surface area contributed by atoms with Gasteiger partial charge in [-0.05, 0) is 54.5 Å². The topological polar surface area (TPSA) is 204 Å². The van der Waals surface area contributed by atoms with Crippen LogP contribution >= 0.6 is 0 Å². The van der Waals surface area contributed by atoms with Gasteiger partial charge in [0, 0.05) is 38.8 Å². The number of hydrogen-bond donors (Lipinski definition) is 5. The van der Waals surface area contributed by atoms with Crippen LogP contribution in [0.5, 0.6) is 0 Å². The first kappa shape index (κ1) is 31.6. The Morgan fingerprint density at radius 2 is 1.86 bits per heavy atom. The Balaban J connectivity index is 1.50. The number of amides is 2. The van der Waals surface area contributed by atoms with Gasteiger partial charge in [-0.25, -0.2) is 8.42 Å². The number of hydrazone groups is 1. The summed E-state index contributed by atoms with van der Waals surface area (Å²) in [6.45, 7) is 1.40. The van der Waals surface area contributed by atoms with Gasteiger partial charge in [-0.1, -0.05) is 30.3 Å². The van der Waals surface area contributed by atoms with Crippen LogP contribution in [0.4, 0.5) is 0 Å². The Labute approximate surface area is 245 Å². The van der Waals surface area contributed by atoms with E-state index in [2.05, 4.69) is 15.1 Å². The highest BCUT2D eigenvalue weighted by Gasteiger charge is 2.38. The molecular formula is C26H37N7O7S2. The number of rotatable bonds is 14. The lowest BCUT2D eigenvalue weighted by molar-refractivity contribution is -0.136. The number of carbonyl (C=O) groups is 2. The Hall–Kier alpha value is -3.31. The van der Waals surface area contributed by atoms with Gasteiger partial charge in [0.15, 0.2) is 0 Å². The van der Waals surface area contributed by atoms with E-state index in [4.69, 9.17) is 10.4 Å². The number of benzene rings is 2. The summed E-state index contributed by atoms with van der Waals surface area (Å²) >= 11 is 0. The van der Waals surface area contributed by atoms with E-state index in [1.807, 2.05) is 21.8 Å². The lowest BCUT2D eigenvalue weighted by Gasteiger charge is -2.31. The maximum Gasteiger partial charge on any atom is 0.333 e. The Kier molecular flexibility index (Phi) is 10.4. The predicted molar refractivity (Wildman–Crippen MR) is 157 cm³/mol. The SMILES string of the molecule is NN=CN1CCC[C@@H](CNC(=O)C[C@H](NS(=O)(=O)c2ccc3ccccc3c2)C(=O)N(CCNS(=O)(=O)O)C2CC2)C1. The van der Waals surface area contributed by atoms with Gasteiger partial charge in [0.05, 0.1) is 11.3 Å². The van der Waals surface area contributed by atoms with Crippen LogP contribution in [0.2, 0.25) is 0 Å². The lowest BCUT2D eigenvalue weighted by atomic mass is 9.98.